The van der Waals surface area contributed by atoms with Gasteiger partial charge in [-0.3, -0.25) is 4.79 Å². The largest absolute Gasteiger partial charge is 0.334 e. The van der Waals surface area contributed by atoms with Crippen LogP contribution in [0.4, 0.5) is 16.2 Å². The number of anilines is 2. The molecule has 0 saturated heterocycles. The summed E-state index contributed by atoms with van der Waals surface area (Å²) in [6, 6.07) is 12.4. The highest BCUT2D eigenvalue weighted by atomic mass is 35.5. The zero-order chi connectivity index (χ0) is 17.3. The van der Waals surface area contributed by atoms with Crippen LogP contribution < -0.4 is 16.0 Å². The molecule has 0 spiro atoms. The molecule has 124 valence electrons. The molecule has 3 N–H and O–H groups in total. The van der Waals surface area contributed by atoms with Gasteiger partial charge in [0.25, 0.3) is 0 Å². The standard InChI is InChI=1S/C18H18ClN3O2/c1-18(2)14-9-13(6-7-15(14)22-16(18)23)21-17(24)20-10-11-4-3-5-12(19)8-11/h3-9H,10H2,1-2H3,(H,22,23)(H2,20,21,24). The summed E-state index contributed by atoms with van der Waals surface area (Å²) in [5, 5.41) is 9.04. The first kappa shape index (κ1) is 16.3. The van der Waals surface area contributed by atoms with Crippen molar-refractivity contribution in [3.63, 3.8) is 0 Å². The fourth-order valence-corrected chi connectivity index (χ4v) is 2.87. The highest BCUT2D eigenvalue weighted by Gasteiger charge is 2.38. The van der Waals surface area contributed by atoms with E-state index in [1.165, 1.54) is 0 Å². The van der Waals surface area contributed by atoms with Gasteiger partial charge in [-0.05, 0) is 55.3 Å². The Morgan fingerprint density at radius 1 is 1.21 bits per heavy atom. The van der Waals surface area contributed by atoms with E-state index in [4.69, 9.17) is 11.6 Å². The Hall–Kier alpha value is -2.53. The summed E-state index contributed by atoms with van der Waals surface area (Å²) in [7, 11) is 0. The Balaban J connectivity index is 1.66. The number of halogens is 1. The minimum atomic E-state index is -0.607. The first-order valence-electron chi connectivity index (χ1n) is 7.61. The lowest BCUT2D eigenvalue weighted by molar-refractivity contribution is -0.119. The third-order valence-electron chi connectivity index (χ3n) is 4.11. The van der Waals surface area contributed by atoms with Crippen molar-refractivity contribution in [3.8, 4) is 0 Å². The Morgan fingerprint density at radius 3 is 2.75 bits per heavy atom. The van der Waals surface area contributed by atoms with Crippen molar-refractivity contribution in [2.24, 2.45) is 0 Å². The van der Waals surface area contributed by atoms with E-state index in [-0.39, 0.29) is 11.9 Å². The first-order valence-corrected chi connectivity index (χ1v) is 7.99. The predicted molar refractivity (Wildman–Crippen MR) is 95.4 cm³/mol. The van der Waals surface area contributed by atoms with E-state index in [9.17, 15) is 9.59 Å². The van der Waals surface area contributed by atoms with Crippen molar-refractivity contribution in [2.75, 3.05) is 10.6 Å². The number of carbonyl (C=O) groups is 2. The van der Waals surface area contributed by atoms with Crippen LogP contribution in [0, 0.1) is 0 Å². The van der Waals surface area contributed by atoms with Crippen LogP contribution in [-0.2, 0) is 16.8 Å². The van der Waals surface area contributed by atoms with Crippen molar-refractivity contribution in [2.45, 2.75) is 25.8 Å². The number of hydrogen-bond donors (Lipinski definition) is 3. The van der Waals surface area contributed by atoms with E-state index >= 15 is 0 Å². The molecule has 0 aliphatic carbocycles. The predicted octanol–water partition coefficient (Wildman–Crippen LogP) is 3.89. The molecule has 0 aromatic heterocycles. The van der Waals surface area contributed by atoms with Crippen LogP contribution in [-0.4, -0.2) is 11.9 Å². The van der Waals surface area contributed by atoms with Gasteiger partial charge in [0, 0.05) is 22.9 Å². The molecule has 2 aromatic carbocycles. The van der Waals surface area contributed by atoms with Crippen LogP contribution in [0.1, 0.15) is 25.0 Å². The van der Waals surface area contributed by atoms with Gasteiger partial charge in [-0.1, -0.05) is 23.7 Å². The lowest BCUT2D eigenvalue weighted by Gasteiger charge is -2.16. The second kappa shape index (κ2) is 6.17. The summed E-state index contributed by atoms with van der Waals surface area (Å²) >= 11 is 5.92. The zero-order valence-electron chi connectivity index (χ0n) is 13.4. The lowest BCUT2D eigenvalue weighted by atomic mass is 9.86. The van der Waals surface area contributed by atoms with Gasteiger partial charge in [0.2, 0.25) is 5.91 Å². The Labute approximate surface area is 145 Å². The molecule has 0 saturated carbocycles. The van der Waals surface area contributed by atoms with E-state index in [1.807, 2.05) is 32.0 Å². The van der Waals surface area contributed by atoms with Gasteiger partial charge < -0.3 is 16.0 Å². The van der Waals surface area contributed by atoms with Crippen LogP contribution in [0.25, 0.3) is 0 Å². The number of urea groups is 1. The molecule has 0 unspecified atom stereocenters. The maximum Gasteiger partial charge on any atom is 0.319 e. The maximum absolute atomic E-state index is 12.1. The van der Waals surface area contributed by atoms with Gasteiger partial charge in [-0.25, -0.2) is 4.79 Å². The summed E-state index contributed by atoms with van der Waals surface area (Å²) in [6.07, 6.45) is 0. The first-order chi connectivity index (χ1) is 11.4. The summed E-state index contributed by atoms with van der Waals surface area (Å²) in [5.74, 6) is -0.0416. The van der Waals surface area contributed by atoms with Crippen LogP contribution in [0.2, 0.25) is 5.02 Å². The smallest absolute Gasteiger partial charge is 0.319 e. The van der Waals surface area contributed by atoms with Crippen molar-refractivity contribution in [3.05, 3.63) is 58.6 Å². The Bertz CT molecular complexity index is 818. The molecule has 0 bridgehead atoms. The number of rotatable bonds is 3. The van der Waals surface area contributed by atoms with Crippen LogP contribution in [0.3, 0.4) is 0 Å². The Kier molecular flexibility index (Phi) is 4.20. The maximum atomic E-state index is 12.1. The number of benzene rings is 2. The number of carbonyl (C=O) groups excluding carboxylic acids is 2. The molecule has 3 amide bonds. The molecule has 0 fully saturated rings. The molecule has 1 aliphatic rings. The van der Waals surface area contributed by atoms with Crippen LogP contribution in [0.15, 0.2) is 42.5 Å². The van der Waals surface area contributed by atoms with Crippen molar-refractivity contribution < 1.29 is 9.59 Å². The third-order valence-corrected chi connectivity index (χ3v) is 4.34. The minimum Gasteiger partial charge on any atom is -0.334 e. The van der Waals surface area contributed by atoms with Crippen LogP contribution >= 0.6 is 11.6 Å². The third kappa shape index (κ3) is 3.21. The fraction of sp³-hybridized carbons (Fsp3) is 0.222. The summed E-state index contributed by atoms with van der Waals surface area (Å²) in [6.45, 7) is 4.09. The summed E-state index contributed by atoms with van der Waals surface area (Å²) in [4.78, 5) is 24.0. The average molecular weight is 344 g/mol. The van der Waals surface area contributed by atoms with Gasteiger partial charge in [-0.15, -0.1) is 0 Å². The highest BCUT2D eigenvalue weighted by Crippen LogP contribution is 2.38. The topological polar surface area (TPSA) is 70.2 Å². The molecule has 1 heterocycles. The second-order valence-electron chi connectivity index (χ2n) is 6.28. The van der Waals surface area contributed by atoms with E-state index in [0.29, 0.717) is 17.3 Å². The fourth-order valence-electron chi connectivity index (χ4n) is 2.65. The summed E-state index contributed by atoms with van der Waals surface area (Å²) in [5.41, 5.74) is 2.61. The van der Waals surface area contributed by atoms with Gasteiger partial charge in [0.15, 0.2) is 0 Å². The monoisotopic (exact) mass is 343 g/mol. The van der Waals surface area contributed by atoms with E-state index < -0.39 is 5.41 Å². The van der Waals surface area contributed by atoms with Gasteiger partial charge >= 0.3 is 6.03 Å². The molecule has 5 nitrogen and oxygen atoms in total. The highest BCUT2D eigenvalue weighted by molar-refractivity contribution is 6.30. The van der Waals surface area contributed by atoms with Crippen LogP contribution in [0.5, 0.6) is 0 Å². The van der Waals surface area contributed by atoms with Gasteiger partial charge in [0.05, 0.1) is 5.41 Å². The number of amides is 3. The molecular formula is C18H18ClN3O2. The van der Waals surface area contributed by atoms with Gasteiger partial charge in [0.1, 0.15) is 0 Å². The van der Waals surface area contributed by atoms with E-state index in [1.54, 1.807) is 24.3 Å². The number of nitrogens with one attached hydrogen (secondary N) is 3. The second-order valence-corrected chi connectivity index (χ2v) is 6.71. The quantitative estimate of drug-likeness (QED) is 0.791. The van der Waals surface area contributed by atoms with E-state index in [0.717, 1.165) is 16.8 Å². The molecule has 1 aliphatic heterocycles. The van der Waals surface area contributed by atoms with E-state index in [2.05, 4.69) is 16.0 Å². The zero-order valence-corrected chi connectivity index (χ0v) is 14.2. The SMILES string of the molecule is CC1(C)C(=O)Nc2ccc(NC(=O)NCc3cccc(Cl)c3)cc21. The molecule has 6 heteroatoms. The molecule has 24 heavy (non-hydrogen) atoms. The molecular weight excluding hydrogens is 326 g/mol. The lowest BCUT2D eigenvalue weighted by Crippen LogP contribution is -2.28. The molecule has 2 aromatic rings. The number of hydrogen-bond acceptors (Lipinski definition) is 2. The van der Waals surface area contributed by atoms with Crippen molar-refractivity contribution in [1.29, 1.82) is 0 Å². The van der Waals surface area contributed by atoms with Gasteiger partial charge in [-0.2, -0.15) is 0 Å². The molecule has 0 radical (unpaired) electrons. The average Bonchev–Trinajstić information content (AvgIpc) is 2.76. The minimum absolute atomic E-state index is 0.0416. The molecule has 3 rings (SSSR count). The van der Waals surface area contributed by atoms with Crippen molar-refractivity contribution >= 4 is 34.9 Å². The van der Waals surface area contributed by atoms with Crippen molar-refractivity contribution in [1.82, 2.24) is 5.32 Å². The normalized spacial score (nSPS) is 14.7. The Morgan fingerprint density at radius 2 is 2.00 bits per heavy atom. The number of fused-ring (bicyclic) bond motifs is 1. The summed E-state index contributed by atoms with van der Waals surface area (Å²) < 4.78 is 0. The molecule has 0 atom stereocenters.